The zero-order chi connectivity index (χ0) is 18.2. The molecule has 0 bridgehead atoms. The third kappa shape index (κ3) is 5.79. The maximum atomic E-state index is 4.38. The maximum Gasteiger partial charge on any atom is 0.0857 e. The molecule has 2 heteroatoms. The van der Waals surface area contributed by atoms with Crippen molar-refractivity contribution in [2.24, 2.45) is 22.1 Å². The van der Waals surface area contributed by atoms with Crippen LogP contribution in [0.25, 0.3) is 0 Å². The van der Waals surface area contributed by atoms with E-state index < -0.39 is 0 Å². The second-order valence-electron chi connectivity index (χ2n) is 7.95. The molecule has 0 aliphatic heterocycles. The SMILES string of the molecule is CCCc1ccc(N=Nc2ccc(CCC3CCC(C)CC3)cc2)cc1. The molecule has 2 aromatic rings. The second-order valence-corrected chi connectivity index (χ2v) is 7.95. The molecule has 0 atom stereocenters. The Balaban J connectivity index is 1.49. The molecule has 2 aromatic carbocycles. The standard InChI is InChI=1S/C24H32N2/c1-3-4-20-11-15-23(16-12-20)25-26-24-17-13-22(14-18-24)10-9-21-7-5-19(2)6-8-21/h11-19,21H,3-10H2,1-2H3. The third-order valence-electron chi connectivity index (χ3n) is 5.67. The number of hydrogen-bond acceptors (Lipinski definition) is 2. The summed E-state index contributed by atoms with van der Waals surface area (Å²) in [4.78, 5) is 0. The van der Waals surface area contributed by atoms with Gasteiger partial charge in [-0.1, -0.05) is 70.2 Å². The summed E-state index contributed by atoms with van der Waals surface area (Å²) in [6.45, 7) is 4.59. The lowest BCUT2D eigenvalue weighted by atomic mass is 9.80. The van der Waals surface area contributed by atoms with Crippen molar-refractivity contribution >= 4 is 11.4 Å². The molecule has 26 heavy (non-hydrogen) atoms. The molecule has 138 valence electrons. The average molecular weight is 349 g/mol. The molecule has 0 saturated heterocycles. The summed E-state index contributed by atoms with van der Waals surface area (Å²) >= 11 is 0. The average Bonchev–Trinajstić information content (AvgIpc) is 2.68. The summed E-state index contributed by atoms with van der Waals surface area (Å²) in [6.07, 6.45) is 10.5. The van der Waals surface area contributed by atoms with Crippen molar-refractivity contribution in [2.45, 2.75) is 65.2 Å². The van der Waals surface area contributed by atoms with Crippen LogP contribution in [-0.4, -0.2) is 0 Å². The molecular weight excluding hydrogens is 316 g/mol. The molecule has 0 amide bonds. The van der Waals surface area contributed by atoms with Crippen LogP contribution in [0.4, 0.5) is 11.4 Å². The van der Waals surface area contributed by atoms with Gasteiger partial charge in [-0.25, -0.2) is 0 Å². The molecule has 1 aliphatic carbocycles. The van der Waals surface area contributed by atoms with Crippen molar-refractivity contribution < 1.29 is 0 Å². The van der Waals surface area contributed by atoms with Gasteiger partial charge in [-0.3, -0.25) is 0 Å². The number of azo groups is 1. The summed E-state index contributed by atoms with van der Waals surface area (Å²) in [6, 6.07) is 17.0. The van der Waals surface area contributed by atoms with Gasteiger partial charge in [0.1, 0.15) is 0 Å². The Hall–Kier alpha value is -1.96. The fourth-order valence-electron chi connectivity index (χ4n) is 3.85. The number of rotatable bonds is 7. The van der Waals surface area contributed by atoms with Gasteiger partial charge in [0, 0.05) is 0 Å². The van der Waals surface area contributed by atoms with Crippen molar-refractivity contribution in [1.82, 2.24) is 0 Å². The molecule has 0 unspecified atom stereocenters. The molecule has 1 aliphatic rings. The van der Waals surface area contributed by atoms with Crippen LogP contribution in [0, 0.1) is 11.8 Å². The summed E-state index contributed by atoms with van der Waals surface area (Å²) in [7, 11) is 0. The van der Waals surface area contributed by atoms with E-state index in [1.165, 1.54) is 56.1 Å². The van der Waals surface area contributed by atoms with Crippen molar-refractivity contribution in [2.75, 3.05) is 0 Å². The summed E-state index contributed by atoms with van der Waals surface area (Å²) in [5.41, 5.74) is 4.63. The topological polar surface area (TPSA) is 24.7 Å². The Labute approximate surface area is 158 Å². The first-order valence-electron chi connectivity index (χ1n) is 10.3. The highest BCUT2D eigenvalue weighted by Crippen LogP contribution is 2.31. The van der Waals surface area contributed by atoms with Gasteiger partial charge in [-0.05, 0) is 66.5 Å². The molecule has 1 fully saturated rings. The van der Waals surface area contributed by atoms with E-state index in [0.717, 1.165) is 29.6 Å². The molecule has 0 aromatic heterocycles. The first kappa shape index (κ1) is 18.8. The molecule has 3 rings (SSSR count). The smallest absolute Gasteiger partial charge is 0.0857 e. The van der Waals surface area contributed by atoms with Gasteiger partial charge >= 0.3 is 0 Å². The number of aryl methyl sites for hydroxylation is 2. The fraction of sp³-hybridized carbons (Fsp3) is 0.500. The summed E-state index contributed by atoms with van der Waals surface area (Å²) < 4.78 is 0. The van der Waals surface area contributed by atoms with Crippen molar-refractivity contribution in [3.8, 4) is 0 Å². The lowest BCUT2D eigenvalue weighted by molar-refractivity contribution is 0.278. The van der Waals surface area contributed by atoms with E-state index >= 15 is 0 Å². The van der Waals surface area contributed by atoms with Gasteiger partial charge in [0.15, 0.2) is 0 Å². The zero-order valence-electron chi connectivity index (χ0n) is 16.3. The first-order valence-corrected chi connectivity index (χ1v) is 10.3. The lowest BCUT2D eigenvalue weighted by Crippen LogP contribution is -2.12. The monoisotopic (exact) mass is 348 g/mol. The predicted molar refractivity (Wildman–Crippen MR) is 110 cm³/mol. The molecule has 0 heterocycles. The highest BCUT2D eigenvalue weighted by Gasteiger charge is 2.17. The van der Waals surface area contributed by atoms with Crippen molar-refractivity contribution in [1.29, 1.82) is 0 Å². The lowest BCUT2D eigenvalue weighted by Gasteiger charge is -2.26. The quantitative estimate of drug-likeness (QED) is 0.456. The zero-order valence-corrected chi connectivity index (χ0v) is 16.3. The van der Waals surface area contributed by atoms with Crippen LogP contribution in [0.1, 0.15) is 63.5 Å². The summed E-state index contributed by atoms with van der Waals surface area (Å²) in [5, 5.41) is 8.74. The van der Waals surface area contributed by atoms with Gasteiger partial charge in [-0.15, -0.1) is 0 Å². The summed E-state index contributed by atoms with van der Waals surface area (Å²) in [5.74, 6) is 1.87. The molecular formula is C24H32N2. The predicted octanol–water partition coefficient (Wildman–Crippen LogP) is 7.81. The molecule has 0 spiro atoms. The minimum absolute atomic E-state index is 0.917. The Morgan fingerprint density at radius 3 is 1.73 bits per heavy atom. The fourth-order valence-corrected chi connectivity index (χ4v) is 3.85. The van der Waals surface area contributed by atoms with Crippen molar-refractivity contribution in [3.63, 3.8) is 0 Å². The highest BCUT2D eigenvalue weighted by atomic mass is 15.1. The van der Waals surface area contributed by atoms with Gasteiger partial charge in [0.2, 0.25) is 0 Å². The molecule has 1 saturated carbocycles. The van der Waals surface area contributed by atoms with Crippen LogP contribution in [0.5, 0.6) is 0 Å². The molecule has 0 radical (unpaired) electrons. The normalized spacial score (nSPS) is 20.5. The van der Waals surface area contributed by atoms with Crippen LogP contribution in [0.3, 0.4) is 0 Å². The van der Waals surface area contributed by atoms with Crippen molar-refractivity contribution in [3.05, 3.63) is 59.7 Å². The Morgan fingerprint density at radius 2 is 1.23 bits per heavy atom. The largest absolute Gasteiger partial charge is 0.151 e. The van der Waals surface area contributed by atoms with Crippen LogP contribution < -0.4 is 0 Å². The second kappa shape index (κ2) is 9.66. The van der Waals surface area contributed by atoms with Gasteiger partial charge in [-0.2, -0.15) is 10.2 Å². The Bertz CT molecular complexity index is 677. The molecule has 0 N–H and O–H groups in total. The van der Waals surface area contributed by atoms with Crippen LogP contribution in [0.15, 0.2) is 58.8 Å². The number of benzene rings is 2. The third-order valence-corrected chi connectivity index (χ3v) is 5.67. The van der Waals surface area contributed by atoms with Crippen LogP contribution in [-0.2, 0) is 12.8 Å². The van der Waals surface area contributed by atoms with E-state index in [9.17, 15) is 0 Å². The number of hydrogen-bond donors (Lipinski definition) is 0. The van der Waals surface area contributed by atoms with Gasteiger partial charge in [0.25, 0.3) is 0 Å². The minimum atomic E-state index is 0.917. The maximum absolute atomic E-state index is 4.38. The van der Waals surface area contributed by atoms with E-state index in [-0.39, 0.29) is 0 Å². The molecule has 2 nitrogen and oxygen atoms in total. The number of nitrogens with zero attached hydrogens (tertiary/aromatic N) is 2. The van der Waals surface area contributed by atoms with Crippen LogP contribution >= 0.6 is 0 Å². The van der Waals surface area contributed by atoms with E-state index in [2.05, 4.69) is 60.5 Å². The van der Waals surface area contributed by atoms with E-state index in [4.69, 9.17) is 0 Å². The minimum Gasteiger partial charge on any atom is -0.151 e. The van der Waals surface area contributed by atoms with E-state index in [0.29, 0.717) is 0 Å². The Morgan fingerprint density at radius 1 is 0.731 bits per heavy atom. The Kier molecular flexibility index (Phi) is 6.99. The van der Waals surface area contributed by atoms with E-state index in [1.807, 2.05) is 12.1 Å². The van der Waals surface area contributed by atoms with E-state index in [1.54, 1.807) is 0 Å². The van der Waals surface area contributed by atoms with Crippen LogP contribution in [0.2, 0.25) is 0 Å². The van der Waals surface area contributed by atoms with Gasteiger partial charge in [0.05, 0.1) is 11.4 Å². The van der Waals surface area contributed by atoms with Gasteiger partial charge < -0.3 is 0 Å². The first-order chi connectivity index (χ1) is 12.7. The highest BCUT2D eigenvalue weighted by molar-refractivity contribution is 5.42.